The molecule has 0 radical (unpaired) electrons. The smallest absolute Gasteiger partial charge is 0.232 e. The Balaban J connectivity index is 2.76. The van der Waals surface area contributed by atoms with E-state index in [4.69, 9.17) is 0 Å². The van der Waals surface area contributed by atoms with Crippen LogP contribution in [-0.4, -0.2) is 23.6 Å². The molecule has 0 aromatic heterocycles. The third kappa shape index (κ3) is 3.20. The molecule has 0 spiro atoms. The minimum absolute atomic E-state index is 0.0688. The summed E-state index contributed by atoms with van der Waals surface area (Å²) in [5.74, 6) is -1.41. The molecular weight excluding hydrogens is 220 g/mol. The number of halogens is 2. The third-order valence-electron chi connectivity index (χ3n) is 1.98. The molecule has 0 aliphatic carbocycles. The molecule has 0 aliphatic rings. The molecule has 0 atom stereocenters. The van der Waals surface area contributed by atoms with E-state index in [0.29, 0.717) is 0 Å². The molecule has 0 bridgehead atoms. The van der Waals surface area contributed by atoms with Crippen molar-refractivity contribution < 1.29 is 13.6 Å². The Kier molecular flexibility index (Phi) is 4.08. The first-order chi connectivity index (χ1) is 7.04. The van der Waals surface area contributed by atoms with Crippen LogP contribution in [0.15, 0.2) is 18.2 Å². The summed E-state index contributed by atoms with van der Waals surface area (Å²) >= 11 is 3.82. The van der Waals surface area contributed by atoms with Crippen molar-refractivity contribution in [2.75, 3.05) is 12.8 Å². The minimum Gasteiger partial charge on any atom is -0.341 e. The summed E-state index contributed by atoms with van der Waals surface area (Å²) in [6, 6.07) is 3.29. The number of benzene rings is 1. The van der Waals surface area contributed by atoms with E-state index in [1.807, 2.05) is 0 Å². The Hall–Kier alpha value is -1.10. The molecular formula is C10H11F2NOS. The summed E-state index contributed by atoms with van der Waals surface area (Å²) in [6.07, 6.45) is 0. The number of rotatable bonds is 3. The first-order valence-electron chi connectivity index (χ1n) is 4.33. The first-order valence-corrected chi connectivity index (χ1v) is 4.96. The molecule has 0 saturated carbocycles. The fourth-order valence-electron chi connectivity index (χ4n) is 1.11. The lowest BCUT2D eigenvalue weighted by molar-refractivity contribution is -0.127. The Bertz CT molecular complexity index is 370. The number of carbonyl (C=O) groups excluding carboxylic acids is 1. The van der Waals surface area contributed by atoms with Gasteiger partial charge in [0.1, 0.15) is 11.6 Å². The number of thiol groups is 1. The fourth-order valence-corrected chi connectivity index (χ4v) is 1.36. The predicted molar refractivity (Wildman–Crippen MR) is 56.7 cm³/mol. The number of amides is 1. The van der Waals surface area contributed by atoms with Crippen molar-refractivity contribution in [1.82, 2.24) is 4.90 Å². The van der Waals surface area contributed by atoms with E-state index < -0.39 is 11.6 Å². The fraction of sp³-hybridized carbons (Fsp3) is 0.300. The van der Waals surface area contributed by atoms with Crippen LogP contribution in [0.2, 0.25) is 0 Å². The molecule has 0 fully saturated rings. The van der Waals surface area contributed by atoms with E-state index in [0.717, 1.165) is 12.1 Å². The van der Waals surface area contributed by atoms with Crippen LogP contribution in [0.1, 0.15) is 5.56 Å². The Morgan fingerprint density at radius 2 is 2.13 bits per heavy atom. The summed E-state index contributed by atoms with van der Waals surface area (Å²) in [7, 11) is 1.54. The van der Waals surface area contributed by atoms with Gasteiger partial charge >= 0.3 is 0 Å². The Morgan fingerprint density at radius 1 is 1.47 bits per heavy atom. The van der Waals surface area contributed by atoms with Crippen molar-refractivity contribution in [3.8, 4) is 0 Å². The minimum atomic E-state index is -0.645. The summed E-state index contributed by atoms with van der Waals surface area (Å²) in [5.41, 5.74) is 0.286. The van der Waals surface area contributed by atoms with Gasteiger partial charge in [0.2, 0.25) is 5.91 Å². The molecule has 0 saturated heterocycles. The van der Waals surface area contributed by atoms with Gasteiger partial charge < -0.3 is 4.90 Å². The SMILES string of the molecule is CN(Cc1ccc(F)cc1F)C(=O)CS. The maximum atomic E-state index is 13.2. The summed E-state index contributed by atoms with van der Waals surface area (Å²) < 4.78 is 25.8. The van der Waals surface area contributed by atoms with Gasteiger partial charge in [-0.15, -0.1) is 0 Å². The highest BCUT2D eigenvalue weighted by atomic mass is 32.1. The second kappa shape index (κ2) is 5.11. The highest BCUT2D eigenvalue weighted by Gasteiger charge is 2.10. The van der Waals surface area contributed by atoms with Gasteiger partial charge in [-0.1, -0.05) is 6.07 Å². The van der Waals surface area contributed by atoms with E-state index in [1.54, 1.807) is 7.05 Å². The topological polar surface area (TPSA) is 20.3 Å². The van der Waals surface area contributed by atoms with Crippen LogP contribution in [0.3, 0.4) is 0 Å². The summed E-state index contributed by atoms with van der Waals surface area (Å²) in [6.45, 7) is 0.117. The van der Waals surface area contributed by atoms with Gasteiger partial charge in [-0.2, -0.15) is 12.6 Å². The number of nitrogens with zero attached hydrogens (tertiary/aromatic N) is 1. The van der Waals surface area contributed by atoms with Crippen LogP contribution in [0.25, 0.3) is 0 Å². The van der Waals surface area contributed by atoms with Crippen molar-refractivity contribution in [3.05, 3.63) is 35.4 Å². The second-order valence-corrected chi connectivity index (χ2v) is 3.46. The van der Waals surface area contributed by atoms with Crippen LogP contribution in [0.5, 0.6) is 0 Å². The highest BCUT2D eigenvalue weighted by Crippen LogP contribution is 2.11. The van der Waals surface area contributed by atoms with E-state index >= 15 is 0 Å². The summed E-state index contributed by atoms with van der Waals surface area (Å²) in [5, 5.41) is 0. The molecule has 1 rings (SSSR count). The lowest BCUT2D eigenvalue weighted by Gasteiger charge is -2.16. The van der Waals surface area contributed by atoms with Gasteiger partial charge in [0.25, 0.3) is 0 Å². The number of hydrogen-bond acceptors (Lipinski definition) is 2. The Morgan fingerprint density at radius 3 is 2.67 bits per heavy atom. The van der Waals surface area contributed by atoms with Gasteiger partial charge in [0, 0.05) is 25.2 Å². The molecule has 2 nitrogen and oxygen atoms in total. The van der Waals surface area contributed by atoms with Gasteiger partial charge in [0.15, 0.2) is 0 Å². The van der Waals surface area contributed by atoms with E-state index in [1.165, 1.54) is 11.0 Å². The monoisotopic (exact) mass is 231 g/mol. The van der Waals surface area contributed by atoms with Crippen LogP contribution in [0.4, 0.5) is 8.78 Å². The molecule has 1 amide bonds. The zero-order valence-corrected chi connectivity index (χ0v) is 9.10. The third-order valence-corrected chi connectivity index (χ3v) is 2.25. The average Bonchev–Trinajstić information content (AvgIpc) is 2.20. The maximum absolute atomic E-state index is 13.2. The molecule has 0 N–H and O–H groups in total. The predicted octanol–water partition coefficient (Wildman–Crippen LogP) is 1.85. The molecule has 0 heterocycles. The van der Waals surface area contributed by atoms with Gasteiger partial charge in [-0.25, -0.2) is 8.78 Å². The zero-order chi connectivity index (χ0) is 11.4. The van der Waals surface area contributed by atoms with Crippen molar-refractivity contribution in [2.24, 2.45) is 0 Å². The standard InChI is InChI=1S/C10H11F2NOS/c1-13(10(14)6-15)5-7-2-3-8(11)4-9(7)12/h2-4,15H,5-6H2,1H3. The normalized spacial score (nSPS) is 10.1. The molecule has 0 aliphatic heterocycles. The maximum Gasteiger partial charge on any atom is 0.232 e. The number of hydrogen-bond donors (Lipinski definition) is 1. The first kappa shape index (κ1) is 12.0. The number of carbonyl (C=O) groups is 1. The van der Waals surface area contributed by atoms with Gasteiger partial charge in [-0.05, 0) is 6.07 Å². The molecule has 1 aromatic carbocycles. The molecule has 1 aromatic rings. The van der Waals surface area contributed by atoms with Crippen LogP contribution >= 0.6 is 12.6 Å². The average molecular weight is 231 g/mol. The molecule has 0 unspecified atom stereocenters. The zero-order valence-electron chi connectivity index (χ0n) is 8.20. The highest BCUT2D eigenvalue weighted by molar-refractivity contribution is 7.81. The molecule has 15 heavy (non-hydrogen) atoms. The van der Waals surface area contributed by atoms with Crippen LogP contribution in [-0.2, 0) is 11.3 Å². The van der Waals surface area contributed by atoms with E-state index in [2.05, 4.69) is 12.6 Å². The lowest BCUT2D eigenvalue weighted by Crippen LogP contribution is -2.27. The van der Waals surface area contributed by atoms with Crippen molar-refractivity contribution >= 4 is 18.5 Å². The van der Waals surface area contributed by atoms with Crippen LogP contribution in [0, 0.1) is 11.6 Å². The summed E-state index contributed by atoms with van der Waals surface area (Å²) in [4.78, 5) is 12.5. The van der Waals surface area contributed by atoms with Crippen molar-refractivity contribution in [1.29, 1.82) is 0 Å². The lowest BCUT2D eigenvalue weighted by atomic mass is 10.2. The van der Waals surface area contributed by atoms with E-state index in [-0.39, 0.29) is 23.8 Å². The molecule has 5 heteroatoms. The van der Waals surface area contributed by atoms with E-state index in [9.17, 15) is 13.6 Å². The molecule has 82 valence electrons. The Labute approximate surface area is 92.3 Å². The quantitative estimate of drug-likeness (QED) is 0.787. The van der Waals surface area contributed by atoms with Crippen LogP contribution < -0.4 is 0 Å². The van der Waals surface area contributed by atoms with Crippen molar-refractivity contribution in [3.63, 3.8) is 0 Å². The second-order valence-electron chi connectivity index (χ2n) is 3.14. The largest absolute Gasteiger partial charge is 0.341 e. The van der Waals surface area contributed by atoms with Gasteiger partial charge in [-0.3, -0.25) is 4.79 Å². The van der Waals surface area contributed by atoms with Crippen molar-refractivity contribution in [2.45, 2.75) is 6.54 Å². The van der Waals surface area contributed by atoms with Gasteiger partial charge in [0.05, 0.1) is 5.75 Å².